The van der Waals surface area contributed by atoms with Crippen LogP contribution in [0.3, 0.4) is 0 Å². The number of nitrogens with one attached hydrogen (secondary N) is 3. The van der Waals surface area contributed by atoms with E-state index in [0.717, 1.165) is 60.7 Å². The Kier molecular flexibility index (Phi) is 6.40. The summed E-state index contributed by atoms with van der Waals surface area (Å²) in [6, 6.07) is 12.8. The molecule has 0 atom stereocenters. The highest BCUT2D eigenvalue weighted by Crippen LogP contribution is 2.44. The lowest BCUT2D eigenvalue weighted by atomic mass is 9.96. The van der Waals surface area contributed by atoms with Crippen LogP contribution in [0.5, 0.6) is 23.0 Å². The first-order valence-corrected chi connectivity index (χ1v) is 13.1. The molecule has 0 radical (unpaired) electrons. The molecular weight excluding hydrogens is 492 g/mol. The van der Waals surface area contributed by atoms with E-state index in [1.807, 2.05) is 42.7 Å². The van der Waals surface area contributed by atoms with Gasteiger partial charge in [-0.1, -0.05) is 0 Å². The lowest BCUT2D eigenvalue weighted by molar-refractivity contribution is 0.415. The highest BCUT2D eigenvalue weighted by atomic mass is 16.5. The van der Waals surface area contributed by atoms with Gasteiger partial charge in [0, 0.05) is 50.7 Å². The summed E-state index contributed by atoms with van der Waals surface area (Å²) in [6.45, 7) is 1.41. The second-order valence-corrected chi connectivity index (χ2v) is 9.75. The maximum Gasteiger partial charge on any atom is 0.178 e. The van der Waals surface area contributed by atoms with Gasteiger partial charge in [-0.15, -0.1) is 0 Å². The average Bonchev–Trinajstić information content (AvgIpc) is 3.63. The molecule has 0 amide bonds. The van der Waals surface area contributed by atoms with Gasteiger partial charge in [0.25, 0.3) is 0 Å². The number of benzene rings is 3. The molecule has 9 heteroatoms. The Morgan fingerprint density at radius 1 is 0.692 bits per heavy atom. The maximum atomic E-state index is 11.1. The molecule has 0 aliphatic rings. The van der Waals surface area contributed by atoms with Crippen LogP contribution in [0.1, 0.15) is 16.7 Å². The van der Waals surface area contributed by atoms with Crippen molar-refractivity contribution in [2.24, 2.45) is 17.2 Å². The van der Waals surface area contributed by atoms with Gasteiger partial charge >= 0.3 is 0 Å². The van der Waals surface area contributed by atoms with Crippen LogP contribution in [0, 0.1) is 0 Å². The van der Waals surface area contributed by atoms with E-state index in [1.165, 1.54) is 0 Å². The molecule has 6 rings (SSSR count). The largest absolute Gasteiger partial charge is 0.507 e. The van der Waals surface area contributed by atoms with Gasteiger partial charge in [0.1, 0.15) is 11.5 Å². The number of ether oxygens (including phenoxy) is 1. The Hall–Kier alpha value is -4.44. The van der Waals surface area contributed by atoms with Crippen LogP contribution in [0.25, 0.3) is 44.0 Å². The van der Waals surface area contributed by atoms with Crippen molar-refractivity contribution in [3.8, 4) is 34.3 Å². The molecule has 0 bridgehead atoms. The summed E-state index contributed by atoms with van der Waals surface area (Å²) in [5.74, 6) is 1.18. The Morgan fingerprint density at radius 2 is 1.31 bits per heavy atom. The molecule has 0 spiro atoms. The van der Waals surface area contributed by atoms with Crippen molar-refractivity contribution in [1.82, 2.24) is 15.0 Å². The lowest BCUT2D eigenvalue weighted by Crippen LogP contribution is -2.04. The molecule has 0 aliphatic carbocycles. The molecule has 11 N–H and O–H groups in total. The molecule has 3 aromatic heterocycles. The summed E-state index contributed by atoms with van der Waals surface area (Å²) in [7, 11) is 0. The molecule has 6 aromatic rings. The molecular formula is C30H32N6O3. The van der Waals surface area contributed by atoms with Crippen molar-refractivity contribution in [3.05, 3.63) is 71.5 Å². The van der Waals surface area contributed by atoms with Crippen molar-refractivity contribution < 1.29 is 14.9 Å². The van der Waals surface area contributed by atoms with Crippen LogP contribution in [0.4, 0.5) is 0 Å². The van der Waals surface area contributed by atoms with Crippen LogP contribution in [0.2, 0.25) is 0 Å². The molecule has 0 fully saturated rings. The third kappa shape index (κ3) is 4.17. The number of aromatic hydroxyl groups is 2. The molecule has 9 nitrogen and oxygen atoms in total. The number of H-pyrrole nitrogens is 3. The molecule has 0 unspecified atom stereocenters. The van der Waals surface area contributed by atoms with Gasteiger partial charge in [-0.3, -0.25) is 0 Å². The van der Waals surface area contributed by atoms with Crippen LogP contribution in [-0.4, -0.2) is 44.8 Å². The van der Waals surface area contributed by atoms with E-state index in [1.54, 1.807) is 12.1 Å². The van der Waals surface area contributed by atoms with Crippen LogP contribution >= 0.6 is 0 Å². The first-order chi connectivity index (χ1) is 19.0. The monoisotopic (exact) mass is 524 g/mol. The van der Waals surface area contributed by atoms with Crippen molar-refractivity contribution >= 4 is 32.7 Å². The normalized spacial score (nSPS) is 11.8. The van der Waals surface area contributed by atoms with E-state index >= 15 is 0 Å². The van der Waals surface area contributed by atoms with Crippen molar-refractivity contribution in [2.75, 3.05) is 19.6 Å². The van der Waals surface area contributed by atoms with E-state index in [-0.39, 0.29) is 11.5 Å². The predicted molar refractivity (Wildman–Crippen MR) is 156 cm³/mol. The van der Waals surface area contributed by atoms with Gasteiger partial charge in [-0.05, 0) is 98.1 Å². The van der Waals surface area contributed by atoms with E-state index in [9.17, 15) is 10.2 Å². The number of phenols is 2. The minimum Gasteiger partial charge on any atom is -0.507 e. The third-order valence-corrected chi connectivity index (χ3v) is 7.34. The summed E-state index contributed by atoms with van der Waals surface area (Å²) >= 11 is 0. The summed E-state index contributed by atoms with van der Waals surface area (Å²) in [4.78, 5) is 10.1. The van der Waals surface area contributed by atoms with Gasteiger partial charge in [0.05, 0.1) is 5.69 Å². The number of aromatic amines is 3. The summed E-state index contributed by atoms with van der Waals surface area (Å²) in [5, 5.41) is 24.5. The molecule has 0 saturated carbocycles. The molecule has 200 valence electrons. The quantitative estimate of drug-likeness (QED) is 0.138. The third-order valence-electron chi connectivity index (χ3n) is 7.34. The molecule has 3 heterocycles. The van der Waals surface area contributed by atoms with Crippen molar-refractivity contribution in [2.45, 2.75) is 19.3 Å². The zero-order valence-electron chi connectivity index (χ0n) is 21.5. The van der Waals surface area contributed by atoms with Crippen LogP contribution in [0.15, 0.2) is 54.9 Å². The Labute approximate surface area is 224 Å². The SMILES string of the molecule is NCCc1c(-c2c(O)ccc3[nH]cc(CCN)c23)[nH]c2ccc(Oc3c(O)ccc4[nH]cc(CCN)c34)cc12. The van der Waals surface area contributed by atoms with Crippen molar-refractivity contribution in [3.63, 3.8) is 0 Å². The summed E-state index contributed by atoms with van der Waals surface area (Å²) < 4.78 is 6.33. The Morgan fingerprint density at radius 3 is 2.00 bits per heavy atom. The highest BCUT2D eigenvalue weighted by Gasteiger charge is 2.22. The fraction of sp³-hybridized carbons (Fsp3) is 0.200. The zero-order valence-corrected chi connectivity index (χ0v) is 21.5. The molecule has 3 aromatic carbocycles. The topological polar surface area (TPSA) is 175 Å². The highest BCUT2D eigenvalue weighted by molar-refractivity contribution is 6.04. The smallest absolute Gasteiger partial charge is 0.178 e. The van der Waals surface area contributed by atoms with E-state index in [0.29, 0.717) is 50.4 Å². The lowest BCUT2D eigenvalue weighted by Gasteiger charge is -2.12. The first kappa shape index (κ1) is 24.9. The van der Waals surface area contributed by atoms with E-state index < -0.39 is 0 Å². The standard InChI is InChI=1S/C30H32N6O3/c31-10-7-16-14-34-22-3-5-24(37)28(26(16)22)29-19(9-12-33)20-13-18(1-2-21(20)36-29)39-30-25(38)6-4-23-27(30)17(8-11-32)15-35-23/h1-6,13-15,34-38H,7-12,31-33H2. The molecule has 0 saturated heterocycles. The summed E-state index contributed by atoms with van der Waals surface area (Å²) in [5.41, 5.74) is 25.0. The molecule has 39 heavy (non-hydrogen) atoms. The van der Waals surface area contributed by atoms with E-state index in [2.05, 4.69) is 15.0 Å². The fourth-order valence-electron chi connectivity index (χ4n) is 5.62. The van der Waals surface area contributed by atoms with Gasteiger partial charge in [-0.2, -0.15) is 0 Å². The maximum absolute atomic E-state index is 11.1. The van der Waals surface area contributed by atoms with Gasteiger partial charge in [-0.25, -0.2) is 0 Å². The average molecular weight is 525 g/mol. The zero-order chi connectivity index (χ0) is 27.1. The molecule has 0 aliphatic heterocycles. The van der Waals surface area contributed by atoms with E-state index in [4.69, 9.17) is 21.9 Å². The second kappa shape index (κ2) is 10.0. The minimum atomic E-state index is 0.0499. The number of aromatic nitrogens is 3. The fourth-order valence-corrected chi connectivity index (χ4v) is 5.62. The first-order valence-electron chi connectivity index (χ1n) is 13.1. The number of hydrogen-bond donors (Lipinski definition) is 8. The Bertz CT molecular complexity index is 1810. The minimum absolute atomic E-state index is 0.0499. The van der Waals surface area contributed by atoms with Crippen LogP contribution in [-0.2, 0) is 19.3 Å². The summed E-state index contributed by atoms with van der Waals surface area (Å²) in [6.07, 6.45) is 5.77. The number of rotatable bonds is 9. The second-order valence-electron chi connectivity index (χ2n) is 9.75. The number of fused-ring (bicyclic) bond motifs is 3. The van der Waals surface area contributed by atoms with Gasteiger partial charge in [0.2, 0.25) is 0 Å². The van der Waals surface area contributed by atoms with Gasteiger partial charge in [0.15, 0.2) is 11.5 Å². The number of hydrogen-bond acceptors (Lipinski definition) is 6. The number of nitrogens with two attached hydrogens (primary N) is 3. The van der Waals surface area contributed by atoms with Crippen LogP contribution < -0.4 is 21.9 Å². The Balaban J connectivity index is 1.51. The van der Waals surface area contributed by atoms with Crippen molar-refractivity contribution in [1.29, 1.82) is 0 Å². The predicted octanol–water partition coefficient (Wildman–Crippen LogP) is 4.50. The van der Waals surface area contributed by atoms with Gasteiger partial charge < -0.3 is 47.1 Å². The number of phenolic OH excluding ortho intramolecular Hbond substituents is 2.